The molecule has 0 aliphatic heterocycles. The minimum absolute atomic E-state index is 0.188. The van der Waals surface area contributed by atoms with Crippen LogP contribution in [-0.4, -0.2) is 13.7 Å². The normalized spacial score (nSPS) is 12.2. The van der Waals surface area contributed by atoms with Crippen LogP contribution in [0.1, 0.15) is 10.8 Å². The van der Waals surface area contributed by atoms with Crippen molar-refractivity contribution in [3.8, 4) is 5.75 Å². The van der Waals surface area contributed by atoms with Crippen LogP contribution in [0.4, 0.5) is 0 Å². The summed E-state index contributed by atoms with van der Waals surface area (Å²) in [6, 6.07) is 15.8. The third-order valence-electron chi connectivity index (χ3n) is 2.75. The summed E-state index contributed by atoms with van der Waals surface area (Å²) in [7, 11) is 1.67. The largest absolute Gasteiger partial charge is 0.497 e. The van der Waals surface area contributed by atoms with E-state index >= 15 is 0 Å². The second-order valence-corrected chi connectivity index (χ2v) is 5.79. The molecule has 2 rings (SSSR count). The van der Waals surface area contributed by atoms with Crippen molar-refractivity contribution >= 4 is 23.4 Å². The number of rotatable bonds is 5. The van der Waals surface area contributed by atoms with Crippen LogP contribution < -0.4 is 10.5 Å². The van der Waals surface area contributed by atoms with E-state index in [0.29, 0.717) is 6.54 Å². The summed E-state index contributed by atoms with van der Waals surface area (Å²) in [6.07, 6.45) is 0. The molecule has 2 N–H and O–H groups in total. The van der Waals surface area contributed by atoms with Crippen LogP contribution in [0.3, 0.4) is 0 Å². The Labute approximate surface area is 122 Å². The van der Waals surface area contributed by atoms with Crippen LogP contribution in [0.5, 0.6) is 5.75 Å². The van der Waals surface area contributed by atoms with Crippen LogP contribution >= 0.6 is 23.4 Å². The fourth-order valence-corrected chi connectivity index (χ4v) is 3.11. The molecule has 0 aliphatic rings. The molecule has 0 saturated carbocycles. The van der Waals surface area contributed by atoms with Crippen molar-refractivity contribution < 1.29 is 4.74 Å². The topological polar surface area (TPSA) is 35.2 Å². The van der Waals surface area contributed by atoms with Gasteiger partial charge in [-0.05, 0) is 35.9 Å². The minimum Gasteiger partial charge on any atom is -0.497 e. The summed E-state index contributed by atoms with van der Waals surface area (Å²) >= 11 is 7.71. The van der Waals surface area contributed by atoms with Gasteiger partial charge in [-0.15, -0.1) is 11.8 Å². The highest BCUT2D eigenvalue weighted by atomic mass is 35.5. The lowest BCUT2D eigenvalue weighted by molar-refractivity contribution is 0.414. The molecular formula is C15H16ClNOS. The van der Waals surface area contributed by atoms with Gasteiger partial charge in [-0.2, -0.15) is 0 Å². The molecular weight excluding hydrogens is 278 g/mol. The van der Waals surface area contributed by atoms with Gasteiger partial charge in [-0.25, -0.2) is 0 Å². The van der Waals surface area contributed by atoms with Crippen molar-refractivity contribution in [2.24, 2.45) is 5.73 Å². The Morgan fingerprint density at radius 3 is 2.68 bits per heavy atom. The Morgan fingerprint density at radius 2 is 2.00 bits per heavy atom. The summed E-state index contributed by atoms with van der Waals surface area (Å²) < 4.78 is 5.25. The molecule has 0 fully saturated rings. The van der Waals surface area contributed by atoms with Gasteiger partial charge < -0.3 is 10.5 Å². The fourth-order valence-electron chi connectivity index (χ4n) is 1.80. The Morgan fingerprint density at radius 1 is 1.21 bits per heavy atom. The molecule has 1 unspecified atom stereocenters. The molecule has 0 aliphatic carbocycles. The zero-order valence-electron chi connectivity index (χ0n) is 10.7. The summed E-state index contributed by atoms with van der Waals surface area (Å²) in [5, 5.41) is 0.931. The molecule has 2 aromatic rings. The summed E-state index contributed by atoms with van der Waals surface area (Å²) in [5.74, 6) is 0.850. The number of hydrogen-bond acceptors (Lipinski definition) is 3. The lowest BCUT2D eigenvalue weighted by Gasteiger charge is -2.16. The number of ether oxygens (including phenoxy) is 1. The lowest BCUT2D eigenvalue weighted by atomic mass is 10.1. The van der Waals surface area contributed by atoms with E-state index in [-0.39, 0.29) is 5.25 Å². The molecule has 0 heterocycles. The SMILES string of the molecule is COc1cccc(C(CN)Sc2cccc(Cl)c2)c1. The van der Waals surface area contributed by atoms with Crippen molar-refractivity contribution in [2.75, 3.05) is 13.7 Å². The summed E-state index contributed by atoms with van der Waals surface area (Å²) in [5.41, 5.74) is 7.05. The van der Waals surface area contributed by atoms with Gasteiger partial charge in [0.15, 0.2) is 0 Å². The predicted octanol–water partition coefficient (Wildman–Crippen LogP) is 4.14. The number of halogens is 1. The summed E-state index contributed by atoms with van der Waals surface area (Å²) in [6.45, 7) is 0.560. The number of nitrogens with two attached hydrogens (primary N) is 1. The molecule has 19 heavy (non-hydrogen) atoms. The Balaban J connectivity index is 2.19. The molecule has 100 valence electrons. The van der Waals surface area contributed by atoms with Crippen LogP contribution in [0.25, 0.3) is 0 Å². The van der Waals surface area contributed by atoms with Gasteiger partial charge in [0, 0.05) is 21.7 Å². The lowest BCUT2D eigenvalue weighted by Crippen LogP contribution is -2.09. The maximum absolute atomic E-state index is 6.00. The van der Waals surface area contributed by atoms with Gasteiger partial charge in [0.1, 0.15) is 5.75 Å². The maximum atomic E-state index is 6.00. The van der Waals surface area contributed by atoms with Crippen LogP contribution in [0, 0.1) is 0 Å². The van der Waals surface area contributed by atoms with Gasteiger partial charge in [-0.3, -0.25) is 0 Å². The van der Waals surface area contributed by atoms with E-state index in [4.69, 9.17) is 22.1 Å². The van der Waals surface area contributed by atoms with Crippen molar-refractivity contribution in [1.82, 2.24) is 0 Å². The van der Waals surface area contributed by atoms with Crippen molar-refractivity contribution in [1.29, 1.82) is 0 Å². The van der Waals surface area contributed by atoms with Crippen LogP contribution in [0.2, 0.25) is 5.02 Å². The van der Waals surface area contributed by atoms with E-state index in [1.54, 1.807) is 18.9 Å². The first-order valence-electron chi connectivity index (χ1n) is 5.99. The first kappa shape index (κ1) is 14.3. The standard InChI is InChI=1S/C15H16ClNOS/c1-18-13-6-2-4-11(8-13)15(10-17)19-14-7-3-5-12(16)9-14/h2-9,15H,10,17H2,1H3. The highest BCUT2D eigenvalue weighted by Gasteiger charge is 2.12. The average Bonchev–Trinajstić information content (AvgIpc) is 2.45. The molecule has 1 atom stereocenters. The molecule has 0 aromatic heterocycles. The highest BCUT2D eigenvalue weighted by molar-refractivity contribution is 7.99. The van der Waals surface area contributed by atoms with Gasteiger partial charge in [0.05, 0.1) is 7.11 Å². The Kier molecular flexibility index (Phi) is 5.14. The van der Waals surface area contributed by atoms with E-state index in [1.165, 1.54) is 0 Å². The second-order valence-electron chi connectivity index (χ2n) is 4.08. The number of methoxy groups -OCH3 is 1. The summed E-state index contributed by atoms with van der Waals surface area (Å²) in [4.78, 5) is 1.12. The van der Waals surface area contributed by atoms with Crippen molar-refractivity contribution in [2.45, 2.75) is 10.1 Å². The molecule has 0 bridgehead atoms. The van der Waals surface area contributed by atoms with Crippen LogP contribution in [0.15, 0.2) is 53.4 Å². The second kappa shape index (κ2) is 6.85. The van der Waals surface area contributed by atoms with Gasteiger partial charge in [0.2, 0.25) is 0 Å². The van der Waals surface area contributed by atoms with E-state index in [2.05, 4.69) is 6.07 Å². The van der Waals surface area contributed by atoms with E-state index in [0.717, 1.165) is 21.2 Å². The Bertz CT molecular complexity index is 547. The molecule has 4 heteroatoms. The number of thioether (sulfide) groups is 1. The quantitative estimate of drug-likeness (QED) is 0.842. The van der Waals surface area contributed by atoms with Gasteiger partial charge >= 0.3 is 0 Å². The molecule has 0 spiro atoms. The average molecular weight is 294 g/mol. The molecule has 0 radical (unpaired) electrons. The minimum atomic E-state index is 0.188. The maximum Gasteiger partial charge on any atom is 0.119 e. The molecule has 0 amide bonds. The van der Waals surface area contributed by atoms with E-state index in [9.17, 15) is 0 Å². The first-order valence-corrected chi connectivity index (χ1v) is 7.25. The molecule has 2 nitrogen and oxygen atoms in total. The third kappa shape index (κ3) is 3.90. The third-order valence-corrected chi connectivity index (χ3v) is 4.26. The number of hydrogen-bond donors (Lipinski definition) is 1. The predicted molar refractivity (Wildman–Crippen MR) is 82.1 cm³/mol. The van der Waals surface area contributed by atoms with Crippen molar-refractivity contribution in [3.05, 3.63) is 59.1 Å². The van der Waals surface area contributed by atoms with Crippen molar-refractivity contribution in [3.63, 3.8) is 0 Å². The smallest absolute Gasteiger partial charge is 0.119 e. The monoisotopic (exact) mass is 293 g/mol. The van der Waals surface area contributed by atoms with Crippen LogP contribution in [-0.2, 0) is 0 Å². The Hall–Kier alpha value is -1.16. The zero-order valence-corrected chi connectivity index (χ0v) is 12.2. The fraction of sp³-hybridized carbons (Fsp3) is 0.200. The van der Waals surface area contributed by atoms with Gasteiger partial charge in [0.25, 0.3) is 0 Å². The van der Waals surface area contributed by atoms with Gasteiger partial charge in [-0.1, -0.05) is 29.8 Å². The number of benzene rings is 2. The first-order chi connectivity index (χ1) is 9.22. The molecule has 0 saturated heterocycles. The van der Waals surface area contributed by atoms with E-state index in [1.807, 2.05) is 42.5 Å². The highest BCUT2D eigenvalue weighted by Crippen LogP contribution is 2.36. The van der Waals surface area contributed by atoms with E-state index < -0.39 is 0 Å². The zero-order chi connectivity index (χ0) is 13.7. The molecule has 2 aromatic carbocycles.